The standard InChI is InChI=1S/C25H20N2O4/c1-30-24(28)23-17(8-6-14-26-23)9-7-15-27-25(29)31-16-22-20-12-4-2-10-18(20)19-11-3-5-13-21(19)22/h2-6,8,10-14,22H,15-16H2,1H3,(H,27,29). The summed E-state index contributed by atoms with van der Waals surface area (Å²) in [5.41, 5.74) is 5.24. The SMILES string of the molecule is COC(=O)c1ncccc1C#CCNC(=O)OCC1c2ccccc2-c2ccccc21. The fourth-order valence-electron chi connectivity index (χ4n) is 3.67. The molecule has 3 aromatic rings. The van der Waals surface area contributed by atoms with Gasteiger partial charge in [-0.2, -0.15) is 0 Å². The number of esters is 1. The van der Waals surface area contributed by atoms with Crippen molar-refractivity contribution >= 4 is 12.1 Å². The van der Waals surface area contributed by atoms with Gasteiger partial charge in [0.25, 0.3) is 0 Å². The van der Waals surface area contributed by atoms with Crippen molar-refractivity contribution in [3.8, 4) is 23.0 Å². The molecular formula is C25H20N2O4. The third-order valence-corrected chi connectivity index (χ3v) is 5.07. The molecule has 0 atom stereocenters. The molecule has 1 N–H and O–H groups in total. The minimum absolute atomic E-state index is 0.00208. The van der Waals surface area contributed by atoms with Crippen molar-refractivity contribution in [3.05, 3.63) is 89.2 Å². The van der Waals surface area contributed by atoms with Crippen LogP contribution >= 0.6 is 0 Å². The van der Waals surface area contributed by atoms with Crippen LogP contribution in [0.15, 0.2) is 66.9 Å². The van der Waals surface area contributed by atoms with E-state index in [4.69, 9.17) is 9.47 Å². The average Bonchev–Trinajstić information content (AvgIpc) is 3.14. The number of amides is 1. The topological polar surface area (TPSA) is 77.5 Å². The van der Waals surface area contributed by atoms with E-state index in [0.29, 0.717) is 5.56 Å². The highest BCUT2D eigenvalue weighted by Gasteiger charge is 2.28. The first kappa shape index (κ1) is 20.2. The minimum atomic E-state index is -0.561. The Bertz CT molecular complexity index is 1150. The first-order chi connectivity index (χ1) is 15.2. The molecule has 0 unspecified atom stereocenters. The number of hydrogen-bond acceptors (Lipinski definition) is 5. The summed E-state index contributed by atoms with van der Waals surface area (Å²) in [5.74, 6) is 5.07. The molecule has 0 saturated heterocycles. The van der Waals surface area contributed by atoms with Crippen molar-refractivity contribution in [2.75, 3.05) is 20.3 Å². The normalized spacial score (nSPS) is 11.5. The van der Waals surface area contributed by atoms with Crippen LogP contribution in [0.1, 0.15) is 33.1 Å². The van der Waals surface area contributed by atoms with E-state index in [1.165, 1.54) is 24.4 Å². The smallest absolute Gasteiger partial charge is 0.407 e. The van der Waals surface area contributed by atoms with Crippen LogP contribution in [0, 0.1) is 11.8 Å². The number of methoxy groups -OCH3 is 1. The Balaban J connectivity index is 1.36. The summed E-state index contributed by atoms with van der Waals surface area (Å²) in [7, 11) is 1.28. The zero-order valence-electron chi connectivity index (χ0n) is 16.9. The van der Waals surface area contributed by atoms with Crippen LogP contribution in [-0.2, 0) is 9.47 Å². The highest BCUT2D eigenvalue weighted by atomic mass is 16.5. The molecule has 0 spiro atoms. The number of carbonyl (C=O) groups is 2. The summed E-state index contributed by atoms with van der Waals surface area (Å²) in [5, 5.41) is 2.62. The molecule has 0 radical (unpaired) electrons. The Kier molecular flexibility index (Phi) is 5.95. The maximum Gasteiger partial charge on any atom is 0.407 e. The van der Waals surface area contributed by atoms with E-state index >= 15 is 0 Å². The average molecular weight is 412 g/mol. The molecule has 6 nitrogen and oxygen atoms in total. The van der Waals surface area contributed by atoms with Gasteiger partial charge in [0.05, 0.1) is 19.2 Å². The van der Waals surface area contributed by atoms with Gasteiger partial charge in [-0.3, -0.25) is 0 Å². The van der Waals surface area contributed by atoms with Crippen molar-refractivity contribution in [3.63, 3.8) is 0 Å². The molecule has 4 rings (SSSR count). The van der Waals surface area contributed by atoms with Gasteiger partial charge in [0.15, 0.2) is 5.69 Å². The maximum atomic E-state index is 12.2. The lowest BCUT2D eigenvalue weighted by Gasteiger charge is -2.14. The predicted octanol–water partition coefficient (Wildman–Crippen LogP) is 3.76. The lowest BCUT2D eigenvalue weighted by molar-refractivity contribution is 0.0593. The number of nitrogens with zero attached hydrogens (tertiary/aromatic N) is 1. The third kappa shape index (κ3) is 4.26. The number of fused-ring (bicyclic) bond motifs is 3. The molecule has 6 heteroatoms. The van der Waals surface area contributed by atoms with E-state index in [1.807, 2.05) is 24.3 Å². The number of alkyl carbamates (subject to hydrolysis) is 1. The van der Waals surface area contributed by atoms with Gasteiger partial charge in [-0.1, -0.05) is 60.4 Å². The lowest BCUT2D eigenvalue weighted by atomic mass is 9.98. The highest BCUT2D eigenvalue weighted by molar-refractivity contribution is 5.90. The van der Waals surface area contributed by atoms with E-state index < -0.39 is 12.1 Å². The van der Waals surface area contributed by atoms with Gasteiger partial charge in [-0.25, -0.2) is 14.6 Å². The molecule has 1 aliphatic carbocycles. The molecule has 0 saturated carbocycles. The number of pyridine rings is 1. The Morgan fingerprint density at radius 1 is 1.00 bits per heavy atom. The van der Waals surface area contributed by atoms with Gasteiger partial charge in [0.1, 0.15) is 6.61 Å². The van der Waals surface area contributed by atoms with Gasteiger partial charge >= 0.3 is 12.1 Å². The van der Waals surface area contributed by atoms with Gasteiger partial charge < -0.3 is 14.8 Å². The van der Waals surface area contributed by atoms with E-state index in [0.717, 1.165) is 11.1 Å². The molecule has 154 valence electrons. The van der Waals surface area contributed by atoms with Gasteiger partial charge in [-0.05, 0) is 34.4 Å². The van der Waals surface area contributed by atoms with Crippen LogP contribution in [-0.4, -0.2) is 37.3 Å². The Labute approximate surface area is 180 Å². The maximum absolute atomic E-state index is 12.2. The van der Waals surface area contributed by atoms with Gasteiger partial charge in [0.2, 0.25) is 0 Å². The van der Waals surface area contributed by atoms with Crippen LogP contribution in [0.25, 0.3) is 11.1 Å². The predicted molar refractivity (Wildman–Crippen MR) is 116 cm³/mol. The monoisotopic (exact) mass is 412 g/mol. The first-order valence-corrected chi connectivity index (χ1v) is 9.80. The zero-order valence-corrected chi connectivity index (χ0v) is 16.9. The first-order valence-electron chi connectivity index (χ1n) is 9.80. The number of nitrogens with one attached hydrogen (secondary N) is 1. The molecule has 1 aliphatic rings. The van der Waals surface area contributed by atoms with Crippen LogP contribution < -0.4 is 5.32 Å². The van der Waals surface area contributed by atoms with Crippen molar-refractivity contribution in [1.29, 1.82) is 0 Å². The van der Waals surface area contributed by atoms with E-state index in [2.05, 4.69) is 46.4 Å². The van der Waals surface area contributed by atoms with Crippen LogP contribution in [0.2, 0.25) is 0 Å². The molecule has 0 bridgehead atoms. The van der Waals surface area contributed by atoms with Crippen LogP contribution in [0.4, 0.5) is 4.79 Å². The third-order valence-electron chi connectivity index (χ3n) is 5.07. The summed E-state index contributed by atoms with van der Waals surface area (Å²) in [6.07, 6.45) is 0.947. The van der Waals surface area contributed by atoms with Crippen molar-refractivity contribution in [2.24, 2.45) is 0 Å². The minimum Gasteiger partial charge on any atom is -0.464 e. The Hall–Kier alpha value is -4.11. The number of rotatable bonds is 4. The summed E-state index contributed by atoms with van der Waals surface area (Å²) >= 11 is 0. The molecule has 31 heavy (non-hydrogen) atoms. The van der Waals surface area contributed by atoms with E-state index in [9.17, 15) is 9.59 Å². The van der Waals surface area contributed by atoms with Gasteiger partial charge in [0, 0.05) is 12.1 Å². The number of carbonyl (C=O) groups excluding carboxylic acids is 2. The highest BCUT2D eigenvalue weighted by Crippen LogP contribution is 2.44. The molecule has 1 amide bonds. The summed E-state index contributed by atoms with van der Waals surface area (Å²) in [6, 6.07) is 19.7. The van der Waals surface area contributed by atoms with E-state index in [-0.39, 0.29) is 24.8 Å². The fraction of sp³-hybridized carbons (Fsp3) is 0.160. The summed E-state index contributed by atoms with van der Waals surface area (Å²) in [4.78, 5) is 27.9. The largest absolute Gasteiger partial charge is 0.464 e. The molecule has 2 aromatic carbocycles. The Morgan fingerprint density at radius 3 is 2.35 bits per heavy atom. The quantitative estimate of drug-likeness (QED) is 0.522. The van der Waals surface area contributed by atoms with E-state index in [1.54, 1.807) is 12.1 Å². The number of ether oxygens (including phenoxy) is 2. The number of benzene rings is 2. The molecule has 1 aromatic heterocycles. The van der Waals surface area contributed by atoms with Crippen molar-refractivity contribution < 1.29 is 19.1 Å². The number of aromatic nitrogens is 1. The van der Waals surface area contributed by atoms with Crippen molar-refractivity contribution in [2.45, 2.75) is 5.92 Å². The number of hydrogen-bond donors (Lipinski definition) is 1. The second-order valence-electron chi connectivity index (χ2n) is 6.87. The summed E-state index contributed by atoms with van der Waals surface area (Å²) < 4.78 is 10.2. The molecular weight excluding hydrogens is 392 g/mol. The van der Waals surface area contributed by atoms with Gasteiger partial charge in [-0.15, -0.1) is 0 Å². The molecule has 0 fully saturated rings. The second-order valence-corrected chi connectivity index (χ2v) is 6.87. The lowest BCUT2D eigenvalue weighted by Crippen LogP contribution is -2.26. The molecule has 0 aliphatic heterocycles. The molecule has 1 heterocycles. The fourth-order valence-corrected chi connectivity index (χ4v) is 3.67. The Morgan fingerprint density at radius 2 is 1.68 bits per heavy atom. The second kappa shape index (κ2) is 9.14. The zero-order chi connectivity index (χ0) is 21.6. The summed E-state index contributed by atoms with van der Waals surface area (Å²) in [6.45, 7) is 0.314. The van der Waals surface area contributed by atoms with Crippen LogP contribution in [0.5, 0.6) is 0 Å². The van der Waals surface area contributed by atoms with Crippen LogP contribution in [0.3, 0.4) is 0 Å². The van der Waals surface area contributed by atoms with Crippen molar-refractivity contribution in [1.82, 2.24) is 10.3 Å².